The Balaban J connectivity index is 1.91. The quantitative estimate of drug-likeness (QED) is 0.600. The lowest BCUT2D eigenvalue weighted by Gasteiger charge is -2.33. The van der Waals surface area contributed by atoms with E-state index in [2.05, 4.69) is 4.98 Å². The molecule has 1 fully saturated rings. The molecular formula is C12H14F4N2. The second kappa shape index (κ2) is 5.12. The first kappa shape index (κ1) is 13.1. The van der Waals surface area contributed by atoms with Crippen molar-refractivity contribution in [1.82, 2.24) is 4.98 Å². The minimum atomic E-state index is -4.09. The molecule has 1 aromatic heterocycles. The Labute approximate surface area is 103 Å². The molecule has 0 atom stereocenters. The van der Waals surface area contributed by atoms with Crippen LogP contribution in [-0.2, 0) is 0 Å². The Morgan fingerprint density at radius 3 is 2.44 bits per heavy atom. The average Bonchev–Trinajstić information content (AvgIpc) is 2.28. The molecular weight excluding hydrogens is 248 g/mol. The summed E-state index contributed by atoms with van der Waals surface area (Å²) >= 11 is 0. The standard InChI is InChI=1S/C12H14F4N2/c13-10-2-1-3-11(17-10)18-6-4-9(5-7-18)8-12(14,15)16/h1-3,9H,4-8H2. The molecule has 2 rings (SSSR count). The smallest absolute Gasteiger partial charge is 0.357 e. The fourth-order valence-electron chi connectivity index (χ4n) is 2.27. The first-order valence-corrected chi connectivity index (χ1v) is 5.88. The zero-order valence-corrected chi connectivity index (χ0v) is 9.75. The van der Waals surface area contributed by atoms with Crippen LogP contribution in [0, 0.1) is 11.9 Å². The van der Waals surface area contributed by atoms with Crippen molar-refractivity contribution in [3.63, 3.8) is 0 Å². The van der Waals surface area contributed by atoms with Crippen LogP contribution in [-0.4, -0.2) is 24.2 Å². The first-order valence-electron chi connectivity index (χ1n) is 5.88. The van der Waals surface area contributed by atoms with Gasteiger partial charge >= 0.3 is 6.18 Å². The Morgan fingerprint density at radius 2 is 1.89 bits per heavy atom. The molecule has 0 amide bonds. The van der Waals surface area contributed by atoms with Gasteiger partial charge in [0.2, 0.25) is 5.95 Å². The molecule has 18 heavy (non-hydrogen) atoms. The van der Waals surface area contributed by atoms with Crippen LogP contribution < -0.4 is 4.90 Å². The van der Waals surface area contributed by atoms with E-state index in [1.165, 1.54) is 6.07 Å². The van der Waals surface area contributed by atoms with Crippen LogP contribution in [0.15, 0.2) is 18.2 Å². The van der Waals surface area contributed by atoms with Crippen molar-refractivity contribution in [3.05, 3.63) is 24.1 Å². The molecule has 0 bridgehead atoms. The third-order valence-electron chi connectivity index (χ3n) is 3.16. The van der Waals surface area contributed by atoms with Crippen molar-refractivity contribution in [2.45, 2.75) is 25.4 Å². The van der Waals surface area contributed by atoms with Crippen molar-refractivity contribution in [2.24, 2.45) is 5.92 Å². The predicted octanol–water partition coefficient (Wildman–Crippen LogP) is 3.39. The predicted molar refractivity (Wildman–Crippen MR) is 59.8 cm³/mol. The van der Waals surface area contributed by atoms with Gasteiger partial charge in [0.15, 0.2) is 0 Å². The Morgan fingerprint density at radius 1 is 1.22 bits per heavy atom. The van der Waals surface area contributed by atoms with Crippen LogP contribution in [0.25, 0.3) is 0 Å². The summed E-state index contributed by atoms with van der Waals surface area (Å²) in [6, 6.07) is 4.48. The molecule has 0 radical (unpaired) electrons. The number of hydrogen-bond acceptors (Lipinski definition) is 2. The third kappa shape index (κ3) is 3.58. The van der Waals surface area contributed by atoms with Crippen LogP contribution in [0.3, 0.4) is 0 Å². The van der Waals surface area contributed by atoms with Gasteiger partial charge in [-0.25, -0.2) is 4.98 Å². The summed E-state index contributed by atoms with van der Waals surface area (Å²) in [6.45, 7) is 0.994. The Hall–Kier alpha value is -1.33. The van der Waals surface area contributed by atoms with E-state index in [0.29, 0.717) is 31.7 Å². The van der Waals surface area contributed by atoms with Crippen LogP contribution in [0.1, 0.15) is 19.3 Å². The average molecular weight is 262 g/mol. The molecule has 1 saturated heterocycles. The highest BCUT2D eigenvalue weighted by atomic mass is 19.4. The zero-order chi connectivity index (χ0) is 13.2. The lowest BCUT2D eigenvalue weighted by Crippen LogP contribution is -2.35. The van der Waals surface area contributed by atoms with E-state index in [4.69, 9.17) is 0 Å². The summed E-state index contributed by atoms with van der Waals surface area (Å²) in [5, 5.41) is 0. The first-order chi connectivity index (χ1) is 8.44. The van der Waals surface area contributed by atoms with E-state index in [-0.39, 0.29) is 5.92 Å². The highest BCUT2D eigenvalue weighted by molar-refractivity contribution is 5.38. The number of alkyl halides is 3. The summed E-state index contributed by atoms with van der Waals surface area (Å²) in [5.41, 5.74) is 0. The van der Waals surface area contributed by atoms with Gasteiger partial charge in [-0.15, -0.1) is 0 Å². The number of halogens is 4. The maximum atomic E-state index is 12.9. The van der Waals surface area contributed by atoms with Gasteiger partial charge in [0.1, 0.15) is 5.82 Å². The molecule has 0 spiro atoms. The van der Waals surface area contributed by atoms with Gasteiger partial charge in [-0.1, -0.05) is 6.07 Å². The molecule has 0 saturated carbocycles. The van der Waals surface area contributed by atoms with E-state index in [1.54, 1.807) is 12.1 Å². The summed E-state index contributed by atoms with van der Waals surface area (Å²) < 4.78 is 49.6. The van der Waals surface area contributed by atoms with Crippen LogP contribution >= 0.6 is 0 Å². The van der Waals surface area contributed by atoms with E-state index in [1.807, 2.05) is 4.90 Å². The van der Waals surface area contributed by atoms with Gasteiger partial charge in [-0.05, 0) is 30.9 Å². The minimum absolute atomic E-state index is 0.324. The number of pyridine rings is 1. The molecule has 2 heterocycles. The summed E-state index contributed by atoms with van der Waals surface area (Å²) in [6.07, 6.45) is -3.88. The fraction of sp³-hybridized carbons (Fsp3) is 0.583. The molecule has 6 heteroatoms. The largest absolute Gasteiger partial charge is 0.389 e. The van der Waals surface area contributed by atoms with E-state index in [9.17, 15) is 17.6 Å². The minimum Gasteiger partial charge on any atom is -0.357 e. The molecule has 0 unspecified atom stereocenters. The van der Waals surface area contributed by atoms with E-state index < -0.39 is 18.5 Å². The fourth-order valence-corrected chi connectivity index (χ4v) is 2.27. The van der Waals surface area contributed by atoms with Crippen molar-refractivity contribution in [1.29, 1.82) is 0 Å². The number of hydrogen-bond donors (Lipinski definition) is 0. The van der Waals surface area contributed by atoms with Crippen molar-refractivity contribution in [3.8, 4) is 0 Å². The number of aromatic nitrogens is 1. The number of anilines is 1. The monoisotopic (exact) mass is 262 g/mol. The van der Waals surface area contributed by atoms with Crippen LogP contribution in [0.2, 0.25) is 0 Å². The third-order valence-corrected chi connectivity index (χ3v) is 3.16. The molecule has 0 N–H and O–H groups in total. The number of piperidine rings is 1. The SMILES string of the molecule is Fc1cccc(N2CCC(CC(F)(F)F)CC2)n1. The second-order valence-corrected chi connectivity index (χ2v) is 4.57. The molecule has 1 aliphatic heterocycles. The Kier molecular flexibility index (Phi) is 3.73. The number of nitrogens with zero attached hydrogens (tertiary/aromatic N) is 2. The lowest BCUT2D eigenvalue weighted by molar-refractivity contribution is -0.145. The van der Waals surface area contributed by atoms with Crippen LogP contribution in [0.5, 0.6) is 0 Å². The maximum absolute atomic E-state index is 12.9. The highest BCUT2D eigenvalue weighted by Crippen LogP contribution is 2.31. The Bertz CT molecular complexity index is 397. The zero-order valence-electron chi connectivity index (χ0n) is 9.75. The number of rotatable bonds is 2. The molecule has 100 valence electrons. The van der Waals surface area contributed by atoms with Gasteiger partial charge in [0.25, 0.3) is 0 Å². The van der Waals surface area contributed by atoms with E-state index in [0.717, 1.165) is 0 Å². The molecule has 1 aromatic rings. The van der Waals surface area contributed by atoms with Gasteiger partial charge in [-0.3, -0.25) is 0 Å². The van der Waals surface area contributed by atoms with E-state index >= 15 is 0 Å². The van der Waals surface area contributed by atoms with Gasteiger partial charge < -0.3 is 4.90 Å². The maximum Gasteiger partial charge on any atom is 0.389 e. The van der Waals surface area contributed by atoms with Gasteiger partial charge in [0.05, 0.1) is 0 Å². The summed E-state index contributed by atoms with van der Waals surface area (Å²) in [5.74, 6) is -0.389. The van der Waals surface area contributed by atoms with Gasteiger partial charge in [0, 0.05) is 19.5 Å². The lowest BCUT2D eigenvalue weighted by atomic mass is 9.93. The van der Waals surface area contributed by atoms with Crippen molar-refractivity contribution < 1.29 is 17.6 Å². The summed E-state index contributed by atoms with van der Waals surface area (Å²) in [4.78, 5) is 5.56. The molecule has 0 aliphatic carbocycles. The van der Waals surface area contributed by atoms with Crippen molar-refractivity contribution >= 4 is 5.82 Å². The molecule has 1 aliphatic rings. The van der Waals surface area contributed by atoms with Gasteiger partial charge in [-0.2, -0.15) is 17.6 Å². The highest BCUT2D eigenvalue weighted by Gasteiger charge is 2.33. The second-order valence-electron chi connectivity index (χ2n) is 4.57. The van der Waals surface area contributed by atoms with Crippen molar-refractivity contribution in [2.75, 3.05) is 18.0 Å². The summed E-state index contributed by atoms with van der Waals surface area (Å²) in [7, 11) is 0. The molecule has 2 nitrogen and oxygen atoms in total. The van der Waals surface area contributed by atoms with Crippen LogP contribution in [0.4, 0.5) is 23.4 Å². The molecule has 0 aromatic carbocycles. The normalized spacial score (nSPS) is 18.1. The topological polar surface area (TPSA) is 16.1 Å².